The second-order valence-electron chi connectivity index (χ2n) is 4.35. The number of nitrogens with zero attached hydrogens (tertiary/aromatic N) is 1. The number of amides is 1. The van der Waals surface area contributed by atoms with Crippen molar-refractivity contribution in [3.8, 4) is 0 Å². The van der Waals surface area contributed by atoms with Gasteiger partial charge in [0.2, 0.25) is 0 Å². The minimum absolute atomic E-state index is 0.122. The van der Waals surface area contributed by atoms with Crippen LogP contribution in [0.3, 0.4) is 0 Å². The molecule has 1 N–H and O–H groups in total. The molecule has 1 aromatic carbocycles. The van der Waals surface area contributed by atoms with Gasteiger partial charge >= 0.3 is 0 Å². The Labute approximate surface area is 117 Å². The van der Waals surface area contributed by atoms with Crippen molar-refractivity contribution >= 4 is 29.3 Å². The normalized spacial score (nSPS) is 17.2. The molecule has 0 atom stereocenters. The molecule has 0 bridgehead atoms. The van der Waals surface area contributed by atoms with Crippen LogP contribution in [0.4, 0.5) is 4.39 Å². The summed E-state index contributed by atoms with van der Waals surface area (Å²) in [6.45, 7) is 2.69. The van der Waals surface area contributed by atoms with Crippen LogP contribution >= 0.6 is 12.2 Å². The summed E-state index contributed by atoms with van der Waals surface area (Å²) in [7, 11) is 0. The van der Waals surface area contributed by atoms with E-state index in [1.54, 1.807) is 23.1 Å². The first kappa shape index (κ1) is 13.7. The molecular formula is C14H15FN2OS. The van der Waals surface area contributed by atoms with E-state index in [2.05, 4.69) is 12.2 Å². The van der Waals surface area contributed by atoms with E-state index in [4.69, 9.17) is 12.2 Å². The van der Waals surface area contributed by atoms with Gasteiger partial charge in [0.1, 0.15) is 11.5 Å². The number of halogens is 1. The molecule has 0 aromatic heterocycles. The van der Waals surface area contributed by atoms with Crippen LogP contribution in [0, 0.1) is 5.82 Å². The highest BCUT2D eigenvalue weighted by Crippen LogP contribution is 2.15. The van der Waals surface area contributed by atoms with Crippen LogP contribution in [0.25, 0.3) is 6.08 Å². The van der Waals surface area contributed by atoms with Gasteiger partial charge in [0.05, 0.1) is 0 Å². The molecule has 1 aliphatic rings. The first-order valence-electron chi connectivity index (χ1n) is 6.22. The molecule has 3 nitrogen and oxygen atoms in total. The Morgan fingerprint density at radius 3 is 2.68 bits per heavy atom. The summed E-state index contributed by atoms with van der Waals surface area (Å²) in [5, 5.41) is 3.34. The predicted molar refractivity (Wildman–Crippen MR) is 76.7 cm³/mol. The van der Waals surface area contributed by atoms with E-state index in [1.807, 2.05) is 0 Å². The van der Waals surface area contributed by atoms with Gasteiger partial charge in [-0.3, -0.25) is 9.69 Å². The summed E-state index contributed by atoms with van der Waals surface area (Å²) in [5.41, 5.74) is 1.20. The van der Waals surface area contributed by atoms with Crippen LogP contribution < -0.4 is 5.32 Å². The third-order valence-corrected chi connectivity index (χ3v) is 3.20. The van der Waals surface area contributed by atoms with Crippen LogP contribution in [0.5, 0.6) is 0 Å². The number of hydrogen-bond acceptors (Lipinski definition) is 2. The number of rotatable bonds is 4. The van der Waals surface area contributed by atoms with Crippen LogP contribution in [0.1, 0.15) is 25.3 Å². The maximum atomic E-state index is 12.8. The standard InChI is InChI=1S/C14H15FN2OS/c1-2-3-8-17-13(18)12(16-14(17)19)9-10-4-6-11(15)7-5-10/h4-7,9H,2-3,8H2,1H3,(H,16,19). The molecule has 0 saturated carbocycles. The Bertz CT molecular complexity index is 525. The molecule has 1 saturated heterocycles. The number of carbonyl (C=O) groups is 1. The summed E-state index contributed by atoms with van der Waals surface area (Å²) in [6.07, 6.45) is 3.60. The molecule has 0 radical (unpaired) electrons. The van der Waals surface area contributed by atoms with Gasteiger partial charge in [-0.05, 0) is 42.4 Å². The molecule has 1 fully saturated rings. The quantitative estimate of drug-likeness (QED) is 0.679. The summed E-state index contributed by atoms with van der Waals surface area (Å²) in [5.74, 6) is -0.421. The second-order valence-corrected chi connectivity index (χ2v) is 4.74. The van der Waals surface area contributed by atoms with Crippen LogP contribution in [-0.2, 0) is 4.79 Å². The fourth-order valence-corrected chi connectivity index (χ4v) is 2.10. The van der Waals surface area contributed by atoms with Gasteiger partial charge in [0.15, 0.2) is 5.11 Å². The van der Waals surface area contributed by atoms with Crippen molar-refractivity contribution < 1.29 is 9.18 Å². The Balaban J connectivity index is 2.16. The molecule has 0 unspecified atom stereocenters. The van der Waals surface area contributed by atoms with Gasteiger partial charge in [0, 0.05) is 6.54 Å². The molecule has 1 aliphatic heterocycles. The number of benzene rings is 1. The third kappa shape index (κ3) is 3.17. The maximum Gasteiger partial charge on any atom is 0.276 e. The minimum Gasteiger partial charge on any atom is -0.328 e. The molecule has 100 valence electrons. The fourth-order valence-electron chi connectivity index (χ4n) is 1.82. The summed E-state index contributed by atoms with van der Waals surface area (Å²) >= 11 is 5.14. The third-order valence-electron chi connectivity index (χ3n) is 2.88. The first-order chi connectivity index (χ1) is 9.11. The monoisotopic (exact) mass is 278 g/mol. The van der Waals surface area contributed by atoms with Crippen molar-refractivity contribution in [1.29, 1.82) is 0 Å². The zero-order chi connectivity index (χ0) is 13.8. The smallest absolute Gasteiger partial charge is 0.276 e. The van der Waals surface area contributed by atoms with E-state index in [0.717, 1.165) is 18.4 Å². The molecule has 0 spiro atoms. The van der Waals surface area contributed by atoms with Gasteiger partial charge in [-0.15, -0.1) is 0 Å². The molecular weight excluding hydrogens is 263 g/mol. The lowest BCUT2D eigenvalue weighted by Crippen LogP contribution is -2.31. The number of thiocarbonyl (C=S) groups is 1. The Hall–Kier alpha value is -1.75. The van der Waals surface area contributed by atoms with Crippen molar-refractivity contribution in [2.24, 2.45) is 0 Å². The second kappa shape index (κ2) is 5.93. The SMILES string of the molecule is CCCCN1C(=O)C(=Cc2ccc(F)cc2)NC1=S. The molecule has 19 heavy (non-hydrogen) atoms. The number of hydrogen-bond donors (Lipinski definition) is 1. The predicted octanol–water partition coefficient (Wildman–Crippen LogP) is 2.68. The van der Waals surface area contributed by atoms with Crippen LogP contribution in [0.15, 0.2) is 30.0 Å². The molecule has 5 heteroatoms. The van der Waals surface area contributed by atoms with E-state index in [-0.39, 0.29) is 11.7 Å². The van der Waals surface area contributed by atoms with Crippen molar-refractivity contribution in [3.63, 3.8) is 0 Å². The number of carbonyl (C=O) groups excluding carboxylic acids is 1. The zero-order valence-electron chi connectivity index (χ0n) is 10.6. The topological polar surface area (TPSA) is 32.3 Å². The zero-order valence-corrected chi connectivity index (χ0v) is 11.5. The lowest BCUT2D eigenvalue weighted by atomic mass is 10.2. The fraction of sp³-hybridized carbons (Fsp3) is 0.286. The van der Waals surface area contributed by atoms with Gasteiger partial charge in [0.25, 0.3) is 5.91 Å². The molecule has 1 heterocycles. The van der Waals surface area contributed by atoms with Crippen molar-refractivity contribution in [3.05, 3.63) is 41.3 Å². The van der Waals surface area contributed by atoms with E-state index in [9.17, 15) is 9.18 Å². The van der Waals surface area contributed by atoms with Crippen molar-refractivity contribution in [2.45, 2.75) is 19.8 Å². The van der Waals surface area contributed by atoms with Gasteiger partial charge in [-0.1, -0.05) is 25.5 Å². The van der Waals surface area contributed by atoms with E-state index in [1.165, 1.54) is 12.1 Å². The average molecular weight is 278 g/mol. The summed E-state index contributed by atoms with van der Waals surface area (Å²) < 4.78 is 12.8. The highest BCUT2D eigenvalue weighted by molar-refractivity contribution is 7.80. The molecule has 1 amide bonds. The number of unbranched alkanes of at least 4 members (excludes halogenated alkanes) is 1. The Morgan fingerprint density at radius 2 is 2.05 bits per heavy atom. The maximum absolute atomic E-state index is 12.8. The molecule has 0 aliphatic carbocycles. The van der Waals surface area contributed by atoms with Crippen LogP contribution in [-0.4, -0.2) is 22.5 Å². The first-order valence-corrected chi connectivity index (χ1v) is 6.62. The van der Waals surface area contributed by atoms with Gasteiger partial charge in [-0.25, -0.2) is 4.39 Å². The molecule has 1 aromatic rings. The highest BCUT2D eigenvalue weighted by atomic mass is 32.1. The number of nitrogens with one attached hydrogen (secondary N) is 1. The average Bonchev–Trinajstić information content (AvgIpc) is 2.65. The highest BCUT2D eigenvalue weighted by Gasteiger charge is 2.29. The van der Waals surface area contributed by atoms with Crippen molar-refractivity contribution in [2.75, 3.05) is 6.54 Å². The lowest BCUT2D eigenvalue weighted by Gasteiger charge is -2.12. The lowest BCUT2D eigenvalue weighted by molar-refractivity contribution is -0.122. The molecule has 2 rings (SSSR count). The van der Waals surface area contributed by atoms with Gasteiger partial charge in [-0.2, -0.15) is 0 Å². The van der Waals surface area contributed by atoms with Gasteiger partial charge < -0.3 is 5.32 Å². The van der Waals surface area contributed by atoms with E-state index < -0.39 is 0 Å². The van der Waals surface area contributed by atoms with E-state index in [0.29, 0.717) is 17.4 Å². The van der Waals surface area contributed by atoms with Crippen LogP contribution in [0.2, 0.25) is 0 Å². The Kier molecular flexibility index (Phi) is 4.27. The largest absolute Gasteiger partial charge is 0.328 e. The summed E-state index contributed by atoms with van der Waals surface area (Å²) in [4.78, 5) is 13.7. The minimum atomic E-state index is -0.298. The Morgan fingerprint density at radius 1 is 1.37 bits per heavy atom. The van der Waals surface area contributed by atoms with Crippen molar-refractivity contribution in [1.82, 2.24) is 10.2 Å². The summed E-state index contributed by atoms with van der Waals surface area (Å²) in [6, 6.07) is 5.96. The van der Waals surface area contributed by atoms with E-state index >= 15 is 0 Å².